The molecule has 0 saturated heterocycles. The zero-order valence-corrected chi connectivity index (χ0v) is 10.6. The van der Waals surface area contributed by atoms with Crippen molar-refractivity contribution in [3.8, 4) is 0 Å². The first-order valence-electron chi connectivity index (χ1n) is 5.69. The van der Waals surface area contributed by atoms with Gasteiger partial charge in [0.2, 0.25) is 0 Å². The molecule has 1 aliphatic carbocycles. The first-order chi connectivity index (χ1) is 6.86. The number of ether oxygens (including phenoxy) is 2. The van der Waals surface area contributed by atoms with Gasteiger partial charge in [-0.3, -0.25) is 0 Å². The standard InChI is InChI=1S/C11H21BrO2/c1-2-13-11(9-12)14-10-7-5-3-4-6-8-10/h10-11H,2-9H2,1H3. The van der Waals surface area contributed by atoms with E-state index in [-0.39, 0.29) is 6.29 Å². The van der Waals surface area contributed by atoms with Crippen LogP contribution in [0.2, 0.25) is 0 Å². The first-order valence-corrected chi connectivity index (χ1v) is 6.82. The van der Waals surface area contributed by atoms with Gasteiger partial charge in [0.05, 0.1) is 11.4 Å². The van der Waals surface area contributed by atoms with Crippen LogP contribution >= 0.6 is 15.9 Å². The van der Waals surface area contributed by atoms with E-state index >= 15 is 0 Å². The van der Waals surface area contributed by atoms with Crippen LogP contribution in [0.3, 0.4) is 0 Å². The molecule has 2 nitrogen and oxygen atoms in total. The van der Waals surface area contributed by atoms with E-state index in [4.69, 9.17) is 9.47 Å². The zero-order valence-electron chi connectivity index (χ0n) is 9.01. The molecule has 1 unspecified atom stereocenters. The molecule has 0 aromatic carbocycles. The Hall–Kier alpha value is 0.400. The van der Waals surface area contributed by atoms with E-state index in [0.29, 0.717) is 6.10 Å². The van der Waals surface area contributed by atoms with Crippen LogP contribution in [0.1, 0.15) is 45.4 Å². The molecular formula is C11H21BrO2. The van der Waals surface area contributed by atoms with Crippen LogP contribution in [0.25, 0.3) is 0 Å². The Balaban J connectivity index is 2.24. The predicted molar refractivity (Wildman–Crippen MR) is 61.8 cm³/mol. The second kappa shape index (κ2) is 7.66. The molecule has 1 atom stereocenters. The van der Waals surface area contributed by atoms with E-state index in [9.17, 15) is 0 Å². The molecule has 0 aromatic rings. The van der Waals surface area contributed by atoms with Crippen molar-refractivity contribution in [2.45, 2.75) is 57.8 Å². The first kappa shape index (κ1) is 12.5. The lowest BCUT2D eigenvalue weighted by Gasteiger charge is -2.22. The van der Waals surface area contributed by atoms with Crippen LogP contribution < -0.4 is 0 Å². The van der Waals surface area contributed by atoms with Gasteiger partial charge in [-0.15, -0.1) is 0 Å². The Kier molecular flexibility index (Phi) is 6.82. The summed E-state index contributed by atoms with van der Waals surface area (Å²) in [4.78, 5) is 0. The van der Waals surface area contributed by atoms with Gasteiger partial charge in [0.25, 0.3) is 0 Å². The van der Waals surface area contributed by atoms with Crippen LogP contribution in [0, 0.1) is 0 Å². The van der Waals surface area contributed by atoms with Crippen molar-refractivity contribution in [3.63, 3.8) is 0 Å². The fourth-order valence-electron chi connectivity index (χ4n) is 1.90. The number of rotatable bonds is 5. The maximum atomic E-state index is 5.89. The highest BCUT2D eigenvalue weighted by atomic mass is 79.9. The van der Waals surface area contributed by atoms with Crippen molar-refractivity contribution in [2.75, 3.05) is 11.9 Å². The Morgan fingerprint density at radius 3 is 2.36 bits per heavy atom. The van der Waals surface area contributed by atoms with Crippen molar-refractivity contribution >= 4 is 15.9 Å². The number of alkyl halides is 1. The van der Waals surface area contributed by atoms with Gasteiger partial charge in [-0.2, -0.15) is 0 Å². The smallest absolute Gasteiger partial charge is 0.167 e. The average Bonchev–Trinajstić information content (AvgIpc) is 2.45. The van der Waals surface area contributed by atoms with E-state index < -0.39 is 0 Å². The molecule has 1 fully saturated rings. The largest absolute Gasteiger partial charge is 0.352 e. The lowest BCUT2D eigenvalue weighted by Crippen LogP contribution is -2.25. The summed E-state index contributed by atoms with van der Waals surface area (Å²) in [5, 5.41) is 0.775. The molecule has 14 heavy (non-hydrogen) atoms. The van der Waals surface area contributed by atoms with Gasteiger partial charge in [-0.1, -0.05) is 41.6 Å². The van der Waals surface area contributed by atoms with Crippen LogP contribution in [0.4, 0.5) is 0 Å². The fraction of sp³-hybridized carbons (Fsp3) is 1.00. The second-order valence-electron chi connectivity index (χ2n) is 3.79. The number of hydrogen-bond donors (Lipinski definition) is 0. The quantitative estimate of drug-likeness (QED) is 0.430. The third-order valence-electron chi connectivity index (χ3n) is 2.62. The Bertz CT molecular complexity index is 133. The summed E-state index contributed by atoms with van der Waals surface area (Å²) in [6.07, 6.45) is 8.14. The third kappa shape index (κ3) is 4.76. The number of hydrogen-bond acceptors (Lipinski definition) is 2. The second-order valence-corrected chi connectivity index (χ2v) is 4.44. The topological polar surface area (TPSA) is 18.5 Å². The Labute approximate surface area is 95.5 Å². The van der Waals surface area contributed by atoms with Gasteiger partial charge >= 0.3 is 0 Å². The molecule has 0 spiro atoms. The van der Waals surface area contributed by atoms with E-state index in [1.807, 2.05) is 6.92 Å². The zero-order chi connectivity index (χ0) is 10.2. The van der Waals surface area contributed by atoms with Gasteiger partial charge in [-0.05, 0) is 19.8 Å². The minimum absolute atomic E-state index is 0.0527. The molecule has 1 rings (SSSR count). The van der Waals surface area contributed by atoms with Crippen molar-refractivity contribution in [1.29, 1.82) is 0 Å². The van der Waals surface area contributed by atoms with Gasteiger partial charge < -0.3 is 9.47 Å². The van der Waals surface area contributed by atoms with Crippen molar-refractivity contribution in [2.24, 2.45) is 0 Å². The molecule has 0 heterocycles. The molecule has 0 bridgehead atoms. The van der Waals surface area contributed by atoms with Gasteiger partial charge in [0.15, 0.2) is 6.29 Å². The van der Waals surface area contributed by atoms with Gasteiger partial charge in [0, 0.05) is 6.61 Å². The average molecular weight is 265 g/mol. The molecular weight excluding hydrogens is 244 g/mol. The van der Waals surface area contributed by atoms with Crippen LogP contribution in [-0.2, 0) is 9.47 Å². The van der Waals surface area contributed by atoms with E-state index in [1.165, 1.54) is 38.5 Å². The lowest BCUT2D eigenvalue weighted by molar-refractivity contribution is -0.156. The van der Waals surface area contributed by atoms with Crippen molar-refractivity contribution < 1.29 is 9.47 Å². The van der Waals surface area contributed by atoms with Crippen molar-refractivity contribution in [3.05, 3.63) is 0 Å². The molecule has 0 N–H and O–H groups in total. The molecule has 1 saturated carbocycles. The van der Waals surface area contributed by atoms with E-state index in [0.717, 1.165) is 11.9 Å². The molecule has 0 aromatic heterocycles. The normalized spacial score (nSPS) is 21.9. The molecule has 0 aliphatic heterocycles. The third-order valence-corrected chi connectivity index (χ3v) is 3.15. The van der Waals surface area contributed by atoms with Crippen LogP contribution in [-0.4, -0.2) is 24.3 Å². The Morgan fingerprint density at radius 1 is 1.21 bits per heavy atom. The lowest BCUT2D eigenvalue weighted by atomic mass is 10.1. The monoisotopic (exact) mass is 264 g/mol. The molecule has 0 amide bonds. The summed E-state index contributed by atoms with van der Waals surface area (Å²) in [5.41, 5.74) is 0. The van der Waals surface area contributed by atoms with Crippen LogP contribution in [0.15, 0.2) is 0 Å². The summed E-state index contributed by atoms with van der Waals surface area (Å²) in [7, 11) is 0. The highest BCUT2D eigenvalue weighted by molar-refractivity contribution is 9.09. The van der Waals surface area contributed by atoms with E-state index in [1.54, 1.807) is 0 Å². The molecule has 0 radical (unpaired) electrons. The minimum atomic E-state index is -0.0527. The molecule has 1 aliphatic rings. The summed E-state index contributed by atoms with van der Waals surface area (Å²) in [5.74, 6) is 0. The summed E-state index contributed by atoms with van der Waals surface area (Å²) >= 11 is 3.41. The maximum absolute atomic E-state index is 5.89. The summed E-state index contributed by atoms with van der Waals surface area (Å²) < 4.78 is 11.4. The summed E-state index contributed by atoms with van der Waals surface area (Å²) in [6.45, 7) is 2.73. The SMILES string of the molecule is CCOC(CBr)OC1CCCCCC1. The highest BCUT2D eigenvalue weighted by Gasteiger charge is 2.17. The number of halogens is 1. The van der Waals surface area contributed by atoms with Crippen LogP contribution in [0.5, 0.6) is 0 Å². The highest BCUT2D eigenvalue weighted by Crippen LogP contribution is 2.21. The summed E-state index contributed by atoms with van der Waals surface area (Å²) in [6, 6.07) is 0. The Morgan fingerprint density at radius 2 is 1.86 bits per heavy atom. The van der Waals surface area contributed by atoms with Gasteiger partial charge in [0.1, 0.15) is 0 Å². The minimum Gasteiger partial charge on any atom is -0.352 e. The predicted octanol–water partition coefficient (Wildman–Crippen LogP) is 3.48. The van der Waals surface area contributed by atoms with Gasteiger partial charge in [-0.25, -0.2) is 0 Å². The maximum Gasteiger partial charge on any atom is 0.167 e. The fourth-order valence-corrected chi connectivity index (χ4v) is 2.24. The van der Waals surface area contributed by atoms with Crippen molar-refractivity contribution in [1.82, 2.24) is 0 Å². The molecule has 3 heteroatoms. The molecule has 84 valence electrons. The van der Waals surface area contributed by atoms with E-state index in [2.05, 4.69) is 15.9 Å².